The number of benzene rings is 1. The number of aryl methyl sites for hydroxylation is 1. The smallest absolute Gasteiger partial charge is 0.122 e. The Morgan fingerprint density at radius 3 is 2.39 bits per heavy atom. The molecular weight excluding hydrogens is 292 g/mol. The van der Waals surface area contributed by atoms with Gasteiger partial charge < -0.3 is 9.15 Å². The van der Waals surface area contributed by atoms with E-state index in [1.807, 2.05) is 31.2 Å². The second-order valence-corrected chi connectivity index (χ2v) is 4.94. The van der Waals surface area contributed by atoms with Gasteiger partial charge in [0.1, 0.15) is 17.3 Å². The Bertz CT molecular complexity index is 487. The Kier molecular flexibility index (Phi) is 4.48. The lowest BCUT2D eigenvalue weighted by Gasteiger charge is -2.09. The van der Waals surface area contributed by atoms with Gasteiger partial charge in [0.25, 0.3) is 0 Å². The first kappa shape index (κ1) is 13.2. The lowest BCUT2D eigenvalue weighted by molar-refractivity contribution is 0.340. The Morgan fingerprint density at radius 2 is 1.83 bits per heavy atom. The summed E-state index contributed by atoms with van der Waals surface area (Å²) in [7, 11) is 0. The molecule has 2 rings (SSSR count). The van der Waals surface area contributed by atoms with Gasteiger partial charge in [-0.25, -0.2) is 0 Å². The number of ether oxygens (including phenoxy) is 1. The number of hydrogen-bond acceptors (Lipinski definition) is 2. The van der Waals surface area contributed by atoms with Crippen LogP contribution in [-0.2, 0) is 6.42 Å². The van der Waals surface area contributed by atoms with Crippen LogP contribution in [0.15, 0.2) is 40.8 Å². The quantitative estimate of drug-likeness (QED) is 0.745. The summed E-state index contributed by atoms with van der Waals surface area (Å²) in [5.74, 6) is 2.85. The summed E-state index contributed by atoms with van der Waals surface area (Å²) in [5.41, 5.74) is 1.16. The molecule has 0 spiro atoms. The zero-order valence-corrected chi connectivity index (χ0v) is 12.2. The number of furan rings is 1. The van der Waals surface area contributed by atoms with E-state index in [-0.39, 0.29) is 4.83 Å². The van der Waals surface area contributed by atoms with Crippen molar-refractivity contribution in [2.45, 2.75) is 25.1 Å². The van der Waals surface area contributed by atoms with Crippen LogP contribution in [0.2, 0.25) is 0 Å². The minimum absolute atomic E-state index is 0.0912. The van der Waals surface area contributed by atoms with E-state index in [0.29, 0.717) is 6.61 Å². The Hall–Kier alpha value is -1.22. The van der Waals surface area contributed by atoms with E-state index < -0.39 is 0 Å². The van der Waals surface area contributed by atoms with Crippen molar-refractivity contribution in [3.8, 4) is 5.75 Å². The summed E-state index contributed by atoms with van der Waals surface area (Å²) in [6, 6.07) is 12.1. The SMILES string of the molecule is CCOc1ccc(C(Br)c2ccc(CC)o2)cc1. The molecule has 1 aromatic carbocycles. The maximum atomic E-state index is 5.75. The molecule has 0 N–H and O–H groups in total. The van der Waals surface area contributed by atoms with E-state index in [2.05, 4.69) is 35.0 Å². The second kappa shape index (κ2) is 6.10. The minimum atomic E-state index is 0.0912. The lowest BCUT2D eigenvalue weighted by Crippen LogP contribution is -1.93. The van der Waals surface area contributed by atoms with Crippen LogP contribution in [0.4, 0.5) is 0 Å². The van der Waals surface area contributed by atoms with Crippen molar-refractivity contribution in [2.24, 2.45) is 0 Å². The molecule has 0 saturated heterocycles. The molecule has 1 aromatic heterocycles. The first-order valence-electron chi connectivity index (χ1n) is 6.20. The van der Waals surface area contributed by atoms with Gasteiger partial charge in [-0.05, 0) is 36.8 Å². The van der Waals surface area contributed by atoms with E-state index in [9.17, 15) is 0 Å². The van der Waals surface area contributed by atoms with E-state index in [0.717, 1.165) is 29.3 Å². The molecule has 1 unspecified atom stereocenters. The van der Waals surface area contributed by atoms with Crippen LogP contribution in [-0.4, -0.2) is 6.61 Å². The van der Waals surface area contributed by atoms with Crippen LogP contribution >= 0.6 is 15.9 Å². The van der Waals surface area contributed by atoms with E-state index in [4.69, 9.17) is 9.15 Å². The number of alkyl halides is 1. The number of halogens is 1. The molecule has 0 aliphatic carbocycles. The van der Waals surface area contributed by atoms with Crippen LogP contribution in [0, 0.1) is 0 Å². The summed E-state index contributed by atoms with van der Waals surface area (Å²) in [6.45, 7) is 4.76. The zero-order valence-electron chi connectivity index (χ0n) is 10.7. The van der Waals surface area contributed by atoms with E-state index >= 15 is 0 Å². The van der Waals surface area contributed by atoms with Crippen molar-refractivity contribution in [1.82, 2.24) is 0 Å². The number of hydrogen-bond donors (Lipinski definition) is 0. The lowest BCUT2D eigenvalue weighted by atomic mass is 10.1. The molecule has 0 amide bonds. The highest BCUT2D eigenvalue weighted by Crippen LogP contribution is 2.32. The van der Waals surface area contributed by atoms with Gasteiger partial charge in [0.15, 0.2) is 0 Å². The van der Waals surface area contributed by atoms with Crippen molar-refractivity contribution in [2.75, 3.05) is 6.61 Å². The minimum Gasteiger partial charge on any atom is -0.494 e. The molecule has 0 bridgehead atoms. The van der Waals surface area contributed by atoms with Crippen LogP contribution in [0.25, 0.3) is 0 Å². The predicted molar refractivity (Wildman–Crippen MR) is 76.5 cm³/mol. The fourth-order valence-corrected chi connectivity index (χ4v) is 2.34. The zero-order chi connectivity index (χ0) is 13.0. The Morgan fingerprint density at radius 1 is 1.11 bits per heavy atom. The van der Waals surface area contributed by atoms with E-state index in [1.165, 1.54) is 0 Å². The van der Waals surface area contributed by atoms with Crippen LogP contribution in [0.1, 0.15) is 35.8 Å². The van der Waals surface area contributed by atoms with Gasteiger partial charge >= 0.3 is 0 Å². The molecular formula is C15H17BrO2. The second-order valence-electron chi connectivity index (χ2n) is 4.02. The molecule has 96 valence electrons. The summed E-state index contributed by atoms with van der Waals surface area (Å²) in [4.78, 5) is 0.0912. The topological polar surface area (TPSA) is 22.4 Å². The highest BCUT2D eigenvalue weighted by molar-refractivity contribution is 9.09. The van der Waals surface area contributed by atoms with Crippen molar-refractivity contribution in [1.29, 1.82) is 0 Å². The highest BCUT2D eigenvalue weighted by Gasteiger charge is 2.14. The largest absolute Gasteiger partial charge is 0.494 e. The maximum Gasteiger partial charge on any atom is 0.122 e. The van der Waals surface area contributed by atoms with Crippen LogP contribution in [0.5, 0.6) is 5.75 Å². The third-order valence-corrected chi connectivity index (χ3v) is 3.74. The molecule has 2 nitrogen and oxygen atoms in total. The van der Waals surface area contributed by atoms with Crippen molar-refractivity contribution in [3.05, 3.63) is 53.5 Å². The van der Waals surface area contributed by atoms with Gasteiger partial charge in [0.2, 0.25) is 0 Å². The van der Waals surface area contributed by atoms with Crippen LogP contribution in [0.3, 0.4) is 0 Å². The van der Waals surface area contributed by atoms with Gasteiger partial charge in [0.05, 0.1) is 11.4 Å². The molecule has 0 radical (unpaired) electrons. The predicted octanol–water partition coefficient (Wildman–Crippen LogP) is 4.73. The molecule has 18 heavy (non-hydrogen) atoms. The molecule has 1 heterocycles. The van der Waals surface area contributed by atoms with Gasteiger partial charge in [-0.2, -0.15) is 0 Å². The molecule has 0 saturated carbocycles. The van der Waals surface area contributed by atoms with Crippen molar-refractivity contribution >= 4 is 15.9 Å². The molecule has 1 atom stereocenters. The summed E-state index contributed by atoms with van der Waals surface area (Å²) < 4.78 is 11.2. The molecule has 3 heteroatoms. The van der Waals surface area contributed by atoms with E-state index in [1.54, 1.807) is 0 Å². The van der Waals surface area contributed by atoms with Crippen molar-refractivity contribution in [3.63, 3.8) is 0 Å². The third kappa shape index (κ3) is 2.96. The average Bonchev–Trinajstić information content (AvgIpc) is 2.88. The maximum absolute atomic E-state index is 5.75. The summed E-state index contributed by atoms with van der Waals surface area (Å²) in [5, 5.41) is 0. The average molecular weight is 309 g/mol. The number of rotatable bonds is 5. The Balaban J connectivity index is 2.14. The van der Waals surface area contributed by atoms with Gasteiger partial charge in [-0.1, -0.05) is 35.0 Å². The molecule has 0 aliphatic heterocycles. The summed E-state index contributed by atoms with van der Waals surface area (Å²) >= 11 is 3.67. The monoisotopic (exact) mass is 308 g/mol. The Labute approximate surface area is 116 Å². The van der Waals surface area contributed by atoms with Crippen LogP contribution < -0.4 is 4.74 Å². The molecule has 0 fully saturated rings. The molecule has 2 aromatic rings. The third-order valence-electron chi connectivity index (χ3n) is 2.76. The highest BCUT2D eigenvalue weighted by atomic mass is 79.9. The summed E-state index contributed by atoms with van der Waals surface area (Å²) in [6.07, 6.45) is 0.920. The van der Waals surface area contributed by atoms with Gasteiger partial charge in [0, 0.05) is 6.42 Å². The standard InChI is InChI=1S/C15H17BrO2/c1-3-12-9-10-14(18-12)15(16)11-5-7-13(8-6-11)17-4-2/h5-10,15H,3-4H2,1-2H3. The van der Waals surface area contributed by atoms with Crippen molar-refractivity contribution < 1.29 is 9.15 Å². The van der Waals surface area contributed by atoms with Gasteiger partial charge in [-0.15, -0.1) is 0 Å². The molecule has 0 aliphatic rings. The first-order chi connectivity index (χ1) is 8.74. The first-order valence-corrected chi connectivity index (χ1v) is 7.11. The fraction of sp³-hybridized carbons (Fsp3) is 0.333. The van der Waals surface area contributed by atoms with Gasteiger partial charge in [-0.3, -0.25) is 0 Å². The normalized spacial score (nSPS) is 12.4. The fourth-order valence-electron chi connectivity index (χ4n) is 1.78.